The van der Waals surface area contributed by atoms with E-state index in [9.17, 15) is 0 Å². The number of rotatable bonds is 4. The highest BCUT2D eigenvalue weighted by molar-refractivity contribution is 7.27. The molecule has 0 bridgehead atoms. The molecule has 0 saturated heterocycles. The Morgan fingerprint density at radius 3 is 1.71 bits per heavy atom. The van der Waals surface area contributed by atoms with Gasteiger partial charge in [-0.1, -0.05) is 133 Å². The number of nitrogens with zero attached hydrogens (tertiary/aromatic N) is 4. The molecule has 0 aliphatic rings. The fraction of sp³-hybridized carbons (Fsp3) is 0. The minimum atomic E-state index is 0.736. The Bertz CT molecular complexity index is 4150. The van der Waals surface area contributed by atoms with Gasteiger partial charge in [0.2, 0.25) is 0 Å². The van der Waals surface area contributed by atoms with Crippen LogP contribution < -0.4 is 0 Å². The smallest absolute Gasteiger partial charge is 0.161 e. The molecular formula is C56H32N4S2. The first kappa shape index (κ1) is 34.1. The van der Waals surface area contributed by atoms with E-state index < -0.39 is 0 Å². The van der Waals surface area contributed by atoms with Crippen LogP contribution in [-0.4, -0.2) is 19.1 Å². The minimum Gasteiger partial charge on any atom is -0.309 e. The Hall–Kier alpha value is -7.64. The first-order valence-electron chi connectivity index (χ1n) is 20.9. The molecule has 5 aromatic heterocycles. The number of hydrogen-bond donors (Lipinski definition) is 0. The fourth-order valence-electron chi connectivity index (χ4n) is 10.1. The molecule has 0 radical (unpaired) electrons. The number of hydrogen-bond acceptors (Lipinski definition) is 4. The fourth-order valence-corrected chi connectivity index (χ4v) is 12.4. The van der Waals surface area contributed by atoms with Crippen molar-refractivity contribution in [1.82, 2.24) is 19.1 Å². The second-order valence-corrected chi connectivity index (χ2v) is 18.2. The van der Waals surface area contributed by atoms with Gasteiger partial charge in [-0.2, -0.15) is 0 Å². The molecule has 0 amide bonds. The van der Waals surface area contributed by atoms with Crippen LogP contribution in [0.3, 0.4) is 0 Å². The van der Waals surface area contributed by atoms with Crippen molar-refractivity contribution >= 4 is 118 Å². The predicted molar refractivity (Wildman–Crippen MR) is 265 cm³/mol. The van der Waals surface area contributed by atoms with E-state index in [1.165, 1.54) is 73.6 Å². The van der Waals surface area contributed by atoms with Gasteiger partial charge in [-0.25, -0.2) is 9.97 Å². The van der Waals surface area contributed by atoms with Gasteiger partial charge in [-0.05, 0) is 71.4 Å². The van der Waals surface area contributed by atoms with Crippen molar-refractivity contribution in [2.75, 3.05) is 0 Å². The van der Waals surface area contributed by atoms with Crippen molar-refractivity contribution in [2.24, 2.45) is 0 Å². The van der Waals surface area contributed by atoms with Gasteiger partial charge in [0.25, 0.3) is 0 Å². The second kappa shape index (κ2) is 12.9. The topological polar surface area (TPSA) is 35.6 Å². The summed E-state index contributed by atoms with van der Waals surface area (Å²) in [6, 6.07) is 70.5. The summed E-state index contributed by atoms with van der Waals surface area (Å²) >= 11 is 3.64. The zero-order valence-electron chi connectivity index (χ0n) is 33.1. The molecule has 0 aliphatic heterocycles. The third kappa shape index (κ3) is 4.76. The number of benzene rings is 9. The van der Waals surface area contributed by atoms with Crippen molar-refractivity contribution in [1.29, 1.82) is 0 Å². The third-order valence-corrected chi connectivity index (χ3v) is 15.0. The summed E-state index contributed by atoms with van der Waals surface area (Å²) in [4.78, 5) is 11.6. The summed E-state index contributed by atoms with van der Waals surface area (Å²) in [6.45, 7) is 0. The highest BCUT2D eigenvalue weighted by Crippen LogP contribution is 2.49. The van der Waals surface area contributed by atoms with Crippen LogP contribution in [0.5, 0.6) is 0 Å². The van der Waals surface area contributed by atoms with E-state index in [1.54, 1.807) is 11.3 Å². The summed E-state index contributed by atoms with van der Waals surface area (Å²) in [5.41, 5.74) is 10.0. The Kier molecular flexibility index (Phi) is 7.11. The largest absolute Gasteiger partial charge is 0.309 e. The van der Waals surface area contributed by atoms with E-state index in [1.807, 2.05) is 17.4 Å². The van der Waals surface area contributed by atoms with E-state index in [2.05, 4.69) is 197 Å². The maximum atomic E-state index is 5.40. The van der Waals surface area contributed by atoms with Crippen molar-refractivity contribution in [3.63, 3.8) is 0 Å². The molecule has 5 heterocycles. The van der Waals surface area contributed by atoms with Crippen LogP contribution in [0, 0.1) is 0 Å². The van der Waals surface area contributed by atoms with Gasteiger partial charge < -0.3 is 9.13 Å². The number of aromatic nitrogens is 4. The Morgan fingerprint density at radius 1 is 0.355 bits per heavy atom. The first-order chi connectivity index (χ1) is 30.8. The van der Waals surface area contributed by atoms with Crippen molar-refractivity contribution < 1.29 is 0 Å². The van der Waals surface area contributed by atoms with Crippen LogP contribution in [0.25, 0.3) is 129 Å². The zero-order chi connectivity index (χ0) is 40.5. The molecule has 0 N–H and O–H groups in total. The van der Waals surface area contributed by atoms with Crippen LogP contribution in [0.4, 0.5) is 0 Å². The molecule has 4 nitrogen and oxygen atoms in total. The molecule has 288 valence electrons. The van der Waals surface area contributed by atoms with Gasteiger partial charge in [0.05, 0.1) is 32.5 Å². The number of thiophene rings is 2. The van der Waals surface area contributed by atoms with Gasteiger partial charge in [0.1, 0.15) is 4.83 Å². The van der Waals surface area contributed by atoms with Gasteiger partial charge in [0, 0.05) is 75.0 Å². The van der Waals surface area contributed by atoms with E-state index in [0.717, 1.165) is 55.3 Å². The lowest BCUT2D eigenvalue weighted by Crippen LogP contribution is -1.96. The van der Waals surface area contributed by atoms with E-state index in [0.29, 0.717) is 0 Å². The number of fused-ring (bicyclic) bond motifs is 16. The monoisotopic (exact) mass is 824 g/mol. The molecule has 0 fully saturated rings. The van der Waals surface area contributed by atoms with Crippen molar-refractivity contribution in [3.8, 4) is 34.0 Å². The van der Waals surface area contributed by atoms with Crippen molar-refractivity contribution in [3.05, 3.63) is 194 Å². The normalized spacial score (nSPS) is 12.2. The molecular weight excluding hydrogens is 793 g/mol. The summed E-state index contributed by atoms with van der Waals surface area (Å²) < 4.78 is 8.77. The standard InChI is InChI=1S/C56H32N4S2/c1-3-15-33(16-4-1)55-57-52(51-41-23-11-14-26-48(41)62-56(51)58-55)34-27-29-45-42(31-34)43-32-36(28-30-46(43)59(45)35-17-5-2-6-18-35)60-44-24-12-9-21-39(44)49-37-19-7-8-20-38(37)50-40-22-10-13-25-47(40)61-54(50)53(49)60/h1-32H. The maximum Gasteiger partial charge on any atom is 0.161 e. The summed E-state index contributed by atoms with van der Waals surface area (Å²) in [5, 5.41) is 12.4. The molecule has 0 saturated carbocycles. The van der Waals surface area contributed by atoms with E-state index in [4.69, 9.17) is 9.97 Å². The van der Waals surface area contributed by atoms with Gasteiger partial charge in [0.15, 0.2) is 5.82 Å². The second-order valence-electron chi connectivity index (χ2n) is 16.1. The molecule has 14 aromatic rings. The lowest BCUT2D eigenvalue weighted by Gasteiger charge is -2.11. The van der Waals surface area contributed by atoms with Crippen LogP contribution in [-0.2, 0) is 0 Å². The molecule has 0 atom stereocenters. The molecule has 0 spiro atoms. The Labute approximate surface area is 362 Å². The molecule has 14 rings (SSSR count). The van der Waals surface area contributed by atoms with Crippen molar-refractivity contribution in [2.45, 2.75) is 0 Å². The van der Waals surface area contributed by atoms with Crippen LogP contribution >= 0.6 is 22.7 Å². The average Bonchev–Trinajstić information content (AvgIpc) is 4.09. The van der Waals surface area contributed by atoms with Gasteiger partial charge in [-0.15, -0.1) is 22.7 Å². The first-order valence-corrected chi connectivity index (χ1v) is 22.5. The average molecular weight is 825 g/mol. The molecule has 0 aliphatic carbocycles. The molecule has 62 heavy (non-hydrogen) atoms. The molecule has 6 heteroatoms. The Balaban J connectivity index is 1.10. The lowest BCUT2D eigenvalue weighted by atomic mass is 9.99. The van der Waals surface area contributed by atoms with Gasteiger partial charge >= 0.3 is 0 Å². The van der Waals surface area contributed by atoms with E-state index >= 15 is 0 Å². The quantitative estimate of drug-likeness (QED) is 0.177. The lowest BCUT2D eigenvalue weighted by molar-refractivity contribution is 1.17. The van der Waals surface area contributed by atoms with Crippen LogP contribution in [0.15, 0.2) is 194 Å². The van der Waals surface area contributed by atoms with Crippen LogP contribution in [0.2, 0.25) is 0 Å². The summed E-state index contributed by atoms with van der Waals surface area (Å²) in [5.74, 6) is 0.736. The highest BCUT2D eigenvalue weighted by atomic mass is 32.1. The van der Waals surface area contributed by atoms with Crippen LogP contribution in [0.1, 0.15) is 0 Å². The summed E-state index contributed by atoms with van der Waals surface area (Å²) in [7, 11) is 0. The third-order valence-electron chi connectivity index (χ3n) is 12.7. The Morgan fingerprint density at radius 2 is 0.935 bits per heavy atom. The number of para-hydroxylation sites is 2. The highest BCUT2D eigenvalue weighted by Gasteiger charge is 2.24. The van der Waals surface area contributed by atoms with Gasteiger partial charge in [-0.3, -0.25) is 0 Å². The maximum absolute atomic E-state index is 5.40. The SMILES string of the molecule is c1ccc(-c2nc(-c3ccc4c(c3)c3cc(-n5c6ccccc6c6c7ccccc7c7c8ccccc8sc7c65)ccc3n4-c3ccccc3)c3c(n2)sc2ccccc23)cc1. The molecule has 9 aromatic carbocycles. The molecule has 0 unspecified atom stereocenters. The summed E-state index contributed by atoms with van der Waals surface area (Å²) in [6.07, 6.45) is 0. The predicted octanol–water partition coefficient (Wildman–Crippen LogP) is 15.9. The zero-order valence-corrected chi connectivity index (χ0v) is 34.7. The minimum absolute atomic E-state index is 0.736. The van der Waals surface area contributed by atoms with E-state index in [-0.39, 0.29) is 0 Å².